The number of thioether (sulfide) groups is 1. The molecule has 10 nitrogen and oxygen atoms in total. The van der Waals surface area contributed by atoms with E-state index in [1.165, 1.54) is 12.1 Å². The molecule has 1 aromatic carbocycles. The molecule has 2 saturated heterocycles. The summed E-state index contributed by atoms with van der Waals surface area (Å²) >= 11 is 1.58. The van der Waals surface area contributed by atoms with Crippen molar-refractivity contribution in [2.75, 3.05) is 0 Å². The van der Waals surface area contributed by atoms with Gasteiger partial charge in [-0.1, -0.05) is 5.21 Å². The van der Waals surface area contributed by atoms with Crippen LogP contribution in [-0.4, -0.2) is 52.9 Å². The number of benzene rings is 1. The molecule has 1 amide bonds. The molecule has 2 aliphatic rings. The van der Waals surface area contributed by atoms with Crippen LogP contribution >= 0.6 is 11.8 Å². The van der Waals surface area contributed by atoms with Crippen LogP contribution < -0.4 is 0 Å². The fourth-order valence-electron chi connectivity index (χ4n) is 3.68. The normalized spacial score (nSPS) is 25.4. The zero-order chi connectivity index (χ0) is 20.8. The van der Waals surface area contributed by atoms with E-state index in [1.807, 2.05) is 13.8 Å². The van der Waals surface area contributed by atoms with Gasteiger partial charge in [0, 0.05) is 12.1 Å². The van der Waals surface area contributed by atoms with E-state index in [-0.39, 0.29) is 23.6 Å². The summed E-state index contributed by atoms with van der Waals surface area (Å²) in [5.41, 5.74) is 1.47. The Kier molecular flexibility index (Phi) is 4.77. The van der Waals surface area contributed by atoms with E-state index in [0.29, 0.717) is 18.5 Å². The molecule has 2 aliphatic heterocycles. The van der Waals surface area contributed by atoms with Crippen molar-refractivity contribution >= 4 is 29.3 Å². The van der Waals surface area contributed by atoms with E-state index >= 15 is 0 Å². The minimum Gasteiger partial charge on any atom is -0.459 e. The monoisotopic (exact) mass is 417 g/mol. The van der Waals surface area contributed by atoms with Gasteiger partial charge in [-0.25, -0.2) is 9.48 Å². The predicted octanol–water partition coefficient (Wildman–Crippen LogP) is 1.67. The van der Waals surface area contributed by atoms with E-state index in [0.717, 1.165) is 5.69 Å². The molecular formula is C18H19N5O5S. The molecular weight excluding hydrogens is 398 g/mol. The second-order valence-electron chi connectivity index (χ2n) is 7.36. The largest absolute Gasteiger partial charge is 0.459 e. The lowest BCUT2D eigenvalue weighted by Gasteiger charge is -2.37. The number of non-ortho nitro benzene ring substituents is 1. The number of rotatable bonds is 6. The van der Waals surface area contributed by atoms with Crippen molar-refractivity contribution < 1.29 is 19.2 Å². The van der Waals surface area contributed by atoms with Crippen molar-refractivity contribution in [2.45, 2.75) is 49.6 Å². The van der Waals surface area contributed by atoms with Gasteiger partial charge in [-0.05, 0) is 31.5 Å². The summed E-state index contributed by atoms with van der Waals surface area (Å²) < 4.78 is 6.61. The summed E-state index contributed by atoms with van der Waals surface area (Å²) in [7, 11) is 0. The van der Waals surface area contributed by atoms with Crippen LogP contribution in [0.1, 0.15) is 24.6 Å². The Hall–Kier alpha value is -2.95. The Morgan fingerprint density at radius 2 is 2.14 bits per heavy atom. The maximum Gasteiger partial charge on any atom is 0.330 e. The number of ether oxygens (including phenoxy) is 1. The minimum atomic E-state index is -0.736. The molecule has 3 atom stereocenters. The molecule has 0 aliphatic carbocycles. The van der Waals surface area contributed by atoms with Gasteiger partial charge >= 0.3 is 5.97 Å². The van der Waals surface area contributed by atoms with E-state index in [4.69, 9.17) is 4.74 Å². The summed E-state index contributed by atoms with van der Waals surface area (Å²) in [5.74, 6) is -0.564. The lowest BCUT2D eigenvalue weighted by Crippen LogP contribution is -2.58. The topological polar surface area (TPSA) is 120 Å². The van der Waals surface area contributed by atoms with Gasteiger partial charge < -0.3 is 9.64 Å². The summed E-state index contributed by atoms with van der Waals surface area (Å²) in [6, 6.07) is 5.08. The highest BCUT2D eigenvalue weighted by Crippen LogP contribution is 2.52. The van der Waals surface area contributed by atoms with Gasteiger partial charge in [-0.15, -0.1) is 16.9 Å². The zero-order valence-electron chi connectivity index (χ0n) is 15.8. The number of carbonyl (C=O) groups is 2. The molecule has 0 unspecified atom stereocenters. The van der Waals surface area contributed by atoms with Crippen LogP contribution in [0.4, 0.5) is 5.69 Å². The van der Waals surface area contributed by atoms with Gasteiger partial charge in [0.05, 0.1) is 39.9 Å². The van der Waals surface area contributed by atoms with Crippen LogP contribution in [0.5, 0.6) is 0 Å². The summed E-state index contributed by atoms with van der Waals surface area (Å²) in [5, 5.41) is 18.7. The van der Waals surface area contributed by atoms with Crippen LogP contribution in [0.15, 0.2) is 30.5 Å². The molecule has 1 aromatic heterocycles. The first-order chi connectivity index (χ1) is 13.8. The van der Waals surface area contributed by atoms with Crippen LogP contribution in [0.2, 0.25) is 0 Å². The number of nitro groups is 1. The number of amides is 1. The maximum atomic E-state index is 13.0. The Bertz CT molecular complexity index is 977. The van der Waals surface area contributed by atoms with Gasteiger partial charge in [-0.3, -0.25) is 14.9 Å². The average molecular weight is 417 g/mol. The van der Waals surface area contributed by atoms with Crippen LogP contribution in [0.3, 0.4) is 0 Å². The number of carbonyl (C=O) groups excluding carboxylic acids is 2. The molecule has 29 heavy (non-hydrogen) atoms. The van der Waals surface area contributed by atoms with Crippen molar-refractivity contribution in [3.05, 3.63) is 51.8 Å². The summed E-state index contributed by atoms with van der Waals surface area (Å²) in [6.45, 7) is 4.21. The van der Waals surface area contributed by atoms with Gasteiger partial charge in [0.15, 0.2) is 0 Å². The third-order valence-corrected chi connectivity index (χ3v) is 6.79. The van der Waals surface area contributed by atoms with Crippen molar-refractivity contribution in [1.29, 1.82) is 0 Å². The summed E-state index contributed by atoms with van der Waals surface area (Å²) in [4.78, 5) is 37.0. The van der Waals surface area contributed by atoms with Crippen LogP contribution in [0.25, 0.3) is 0 Å². The fraction of sp³-hybridized carbons (Fsp3) is 0.444. The average Bonchev–Trinajstić information content (AvgIpc) is 3.18. The first-order valence-electron chi connectivity index (χ1n) is 9.02. The molecule has 152 valence electrons. The minimum absolute atomic E-state index is 0.0247. The van der Waals surface area contributed by atoms with E-state index in [1.54, 1.807) is 39.7 Å². The van der Waals surface area contributed by atoms with E-state index in [2.05, 4.69) is 10.3 Å². The SMILES string of the molecule is Cc1cnnn1C[C@]1(C)S[C@@H]2CC(=O)N2[C@H]1C(=O)OCc1ccc([N+](=O)[O-])cc1. The first-order valence-corrected chi connectivity index (χ1v) is 9.90. The Balaban J connectivity index is 1.50. The van der Waals surface area contributed by atoms with Crippen LogP contribution in [0, 0.1) is 17.0 Å². The van der Waals surface area contributed by atoms with Crippen molar-refractivity contribution in [1.82, 2.24) is 19.9 Å². The number of aromatic nitrogens is 3. The number of esters is 1. The summed E-state index contributed by atoms with van der Waals surface area (Å²) in [6.07, 6.45) is 2.05. The highest BCUT2D eigenvalue weighted by molar-refractivity contribution is 8.01. The molecule has 4 rings (SSSR count). The Morgan fingerprint density at radius 3 is 2.72 bits per heavy atom. The first kappa shape index (κ1) is 19.4. The molecule has 0 spiro atoms. The number of nitro benzene ring substituents is 1. The lowest BCUT2D eigenvalue weighted by atomic mass is 9.96. The number of β-lactam (4-membered cyclic amide) rings is 1. The molecule has 3 heterocycles. The van der Waals surface area contributed by atoms with Crippen molar-refractivity contribution in [3.8, 4) is 0 Å². The van der Waals surface area contributed by atoms with E-state index in [9.17, 15) is 19.7 Å². The number of aryl methyl sites for hydroxylation is 1. The maximum absolute atomic E-state index is 13.0. The predicted molar refractivity (Wildman–Crippen MR) is 103 cm³/mol. The van der Waals surface area contributed by atoms with Gasteiger partial charge in [0.2, 0.25) is 5.91 Å². The zero-order valence-corrected chi connectivity index (χ0v) is 16.7. The van der Waals surface area contributed by atoms with Crippen molar-refractivity contribution in [3.63, 3.8) is 0 Å². The second-order valence-corrected chi connectivity index (χ2v) is 9.07. The highest BCUT2D eigenvalue weighted by atomic mass is 32.2. The van der Waals surface area contributed by atoms with Crippen molar-refractivity contribution in [2.24, 2.45) is 0 Å². The molecule has 2 fully saturated rings. The van der Waals surface area contributed by atoms with Crippen LogP contribution in [-0.2, 0) is 27.5 Å². The number of hydrogen-bond donors (Lipinski definition) is 0. The number of fused-ring (bicyclic) bond motifs is 1. The Morgan fingerprint density at radius 1 is 1.41 bits per heavy atom. The third-order valence-electron chi connectivity index (χ3n) is 5.24. The Labute approximate surface area is 170 Å². The smallest absolute Gasteiger partial charge is 0.330 e. The number of hydrogen-bond acceptors (Lipinski definition) is 8. The lowest BCUT2D eigenvalue weighted by molar-refractivity contribution is -0.384. The molecule has 2 aromatic rings. The molecule has 0 radical (unpaired) electrons. The molecule has 0 saturated carbocycles. The third kappa shape index (κ3) is 3.46. The molecule has 11 heteroatoms. The number of nitrogens with zero attached hydrogens (tertiary/aromatic N) is 5. The quantitative estimate of drug-likeness (QED) is 0.301. The molecule has 0 N–H and O–H groups in total. The van der Waals surface area contributed by atoms with Gasteiger partial charge in [0.25, 0.3) is 5.69 Å². The standard InChI is InChI=1S/C18H19N5O5S/c1-11-8-19-20-21(11)10-18(2)16(22-14(24)7-15(22)29-18)17(25)28-9-12-3-5-13(6-4-12)23(26)27/h3-6,8,15-16H,7,9-10H2,1-2H3/t15-,16+,18+/m1/s1. The van der Waals surface area contributed by atoms with Gasteiger partial charge in [-0.2, -0.15) is 0 Å². The van der Waals surface area contributed by atoms with Gasteiger partial charge in [0.1, 0.15) is 12.6 Å². The fourth-order valence-corrected chi connectivity index (χ4v) is 5.41. The highest BCUT2D eigenvalue weighted by Gasteiger charge is 2.61. The molecule has 0 bridgehead atoms. The second kappa shape index (κ2) is 7.14. The van der Waals surface area contributed by atoms with E-state index < -0.39 is 21.7 Å².